The van der Waals surface area contributed by atoms with Crippen LogP contribution in [0.5, 0.6) is 0 Å². The Labute approximate surface area is 183 Å². The van der Waals surface area contributed by atoms with Crippen molar-refractivity contribution >= 4 is 0 Å². The molecule has 0 aliphatic carbocycles. The van der Waals surface area contributed by atoms with E-state index in [9.17, 15) is 0 Å². The minimum atomic E-state index is 0. The Hall–Kier alpha value is 2.39. The zero-order valence-electron chi connectivity index (χ0n) is 20.9. The Morgan fingerprint density at radius 2 is 0.750 bits per heavy atom. The van der Waals surface area contributed by atoms with E-state index >= 15 is 0 Å². The van der Waals surface area contributed by atoms with E-state index in [4.69, 9.17) is 0 Å². The molecule has 0 saturated carbocycles. The van der Waals surface area contributed by atoms with E-state index < -0.39 is 0 Å². The first-order valence-corrected chi connectivity index (χ1v) is 7.19. The van der Waals surface area contributed by atoms with Gasteiger partial charge in [0.25, 0.3) is 0 Å². The van der Waals surface area contributed by atoms with Crippen LogP contribution in [0, 0.1) is 29.1 Å². The fourth-order valence-corrected chi connectivity index (χ4v) is 3.40. The molecule has 0 aromatic rings. The molecule has 0 amide bonds. The Kier molecular flexibility index (Phi) is 27.5. The molecular formula is C16H38Li4. The van der Waals surface area contributed by atoms with E-state index in [0.717, 1.165) is 23.7 Å². The minimum Gasteiger partial charge on any atom is -1.00 e. The molecule has 0 fully saturated rings. The zero-order chi connectivity index (χ0) is 12.9. The van der Waals surface area contributed by atoms with Gasteiger partial charge in [-0.1, -0.05) is 55.4 Å². The van der Waals surface area contributed by atoms with Crippen LogP contribution in [-0.4, -0.2) is 0 Å². The SMILES string of the molecule is CC(C)CC(CC(C)C)(CC(C)C)C(C)C.[H-].[H-].[H-].[H-].[Li+].[Li+].[Li+].[Li+]. The van der Waals surface area contributed by atoms with Crippen molar-refractivity contribution in [3.05, 3.63) is 0 Å². The van der Waals surface area contributed by atoms with Gasteiger partial charge >= 0.3 is 75.4 Å². The molecule has 0 spiro atoms. The molecule has 0 N–H and O–H groups in total. The summed E-state index contributed by atoms with van der Waals surface area (Å²) in [6.07, 6.45) is 4.17. The Balaban J connectivity index is -0.0000000402. The van der Waals surface area contributed by atoms with Crippen LogP contribution in [0.1, 0.15) is 80.4 Å². The first-order chi connectivity index (χ1) is 7.19. The predicted octanol–water partition coefficient (Wildman–Crippen LogP) is -5.77. The molecule has 0 rings (SSSR count). The van der Waals surface area contributed by atoms with Crippen LogP contribution in [0.4, 0.5) is 0 Å². The van der Waals surface area contributed by atoms with Crippen LogP contribution in [-0.2, 0) is 0 Å². The Bertz CT molecular complexity index is 178. The van der Waals surface area contributed by atoms with Crippen molar-refractivity contribution in [2.24, 2.45) is 29.1 Å². The molecule has 0 aromatic carbocycles. The standard InChI is InChI=1S/C16H34.4Li.4H/c1-12(2)9-16(15(7)8,10-13(3)4)11-14(5)6;;;;;;;;/h12-15H,9-11H2,1-8H3;;;;;;;;/q;4*+1;4*-1. The minimum absolute atomic E-state index is 0. The predicted molar refractivity (Wildman–Crippen MR) is 80.1 cm³/mol. The van der Waals surface area contributed by atoms with Gasteiger partial charge in [0.1, 0.15) is 0 Å². The summed E-state index contributed by atoms with van der Waals surface area (Å²) in [5, 5.41) is 0. The monoisotopic (exact) mass is 258 g/mol. The molecule has 0 aromatic heterocycles. The van der Waals surface area contributed by atoms with Crippen molar-refractivity contribution in [2.75, 3.05) is 0 Å². The van der Waals surface area contributed by atoms with Crippen molar-refractivity contribution in [3.8, 4) is 0 Å². The molecule has 106 valence electrons. The summed E-state index contributed by atoms with van der Waals surface area (Å²) in [6, 6.07) is 0. The second-order valence-corrected chi connectivity index (χ2v) is 7.31. The Morgan fingerprint density at radius 1 is 0.550 bits per heavy atom. The maximum absolute atomic E-state index is 2.42. The third kappa shape index (κ3) is 14.0. The molecular weight excluding hydrogens is 220 g/mol. The average Bonchev–Trinajstić information content (AvgIpc) is 1.98. The van der Waals surface area contributed by atoms with Gasteiger partial charge in [-0.2, -0.15) is 0 Å². The second kappa shape index (κ2) is 16.3. The molecule has 0 bridgehead atoms. The molecule has 0 radical (unpaired) electrons. The van der Waals surface area contributed by atoms with Gasteiger partial charge in [0.2, 0.25) is 0 Å². The van der Waals surface area contributed by atoms with E-state index in [1.165, 1.54) is 19.3 Å². The van der Waals surface area contributed by atoms with Gasteiger partial charge in [0, 0.05) is 0 Å². The normalized spacial score (nSPS) is 10.8. The zero-order valence-corrected chi connectivity index (χ0v) is 16.9. The molecule has 0 saturated heterocycles. The van der Waals surface area contributed by atoms with Crippen LogP contribution >= 0.6 is 0 Å². The van der Waals surface area contributed by atoms with E-state index in [-0.39, 0.29) is 81.1 Å². The molecule has 20 heavy (non-hydrogen) atoms. The van der Waals surface area contributed by atoms with Gasteiger partial charge in [-0.25, -0.2) is 0 Å². The van der Waals surface area contributed by atoms with E-state index in [1.807, 2.05) is 0 Å². The smallest absolute Gasteiger partial charge is 1.00 e. The summed E-state index contributed by atoms with van der Waals surface area (Å²) >= 11 is 0. The van der Waals surface area contributed by atoms with E-state index in [2.05, 4.69) is 55.4 Å². The number of hydrogen-bond donors (Lipinski definition) is 0. The van der Waals surface area contributed by atoms with Crippen LogP contribution in [0.2, 0.25) is 0 Å². The maximum atomic E-state index is 2.42. The third-order valence-electron chi connectivity index (χ3n) is 3.67. The van der Waals surface area contributed by atoms with Gasteiger partial charge in [0.05, 0.1) is 0 Å². The van der Waals surface area contributed by atoms with Gasteiger partial charge in [-0.15, -0.1) is 0 Å². The van der Waals surface area contributed by atoms with Crippen LogP contribution in [0.15, 0.2) is 0 Å². The summed E-state index contributed by atoms with van der Waals surface area (Å²) in [7, 11) is 0. The maximum Gasteiger partial charge on any atom is 1.00 e. The first-order valence-electron chi connectivity index (χ1n) is 7.19. The molecule has 0 atom stereocenters. The topological polar surface area (TPSA) is 0 Å². The first kappa shape index (κ1) is 33.9. The van der Waals surface area contributed by atoms with Crippen molar-refractivity contribution in [1.82, 2.24) is 0 Å². The summed E-state index contributed by atoms with van der Waals surface area (Å²) in [6.45, 7) is 19.1. The largest absolute Gasteiger partial charge is 1.00 e. The van der Waals surface area contributed by atoms with Gasteiger partial charge in [0.15, 0.2) is 0 Å². The molecule has 0 aliphatic heterocycles. The molecule has 0 heterocycles. The van der Waals surface area contributed by atoms with Gasteiger partial charge < -0.3 is 5.71 Å². The van der Waals surface area contributed by atoms with Gasteiger partial charge in [-0.3, -0.25) is 0 Å². The van der Waals surface area contributed by atoms with Crippen molar-refractivity contribution in [3.63, 3.8) is 0 Å². The summed E-state index contributed by atoms with van der Waals surface area (Å²) in [5.74, 6) is 3.26. The summed E-state index contributed by atoms with van der Waals surface area (Å²) in [4.78, 5) is 0. The molecule has 0 nitrogen and oxygen atoms in total. The van der Waals surface area contributed by atoms with E-state index in [0.29, 0.717) is 5.41 Å². The fraction of sp³-hybridized carbons (Fsp3) is 1.00. The summed E-state index contributed by atoms with van der Waals surface area (Å²) < 4.78 is 0. The summed E-state index contributed by atoms with van der Waals surface area (Å²) in [5.41, 5.74) is 0.566. The van der Waals surface area contributed by atoms with Crippen molar-refractivity contribution < 1.29 is 81.1 Å². The Morgan fingerprint density at radius 3 is 0.850 bits per heavy atom. The third-order valence-corrected chi connectivity index (χ3v) is 3.67. The fourth-order valence-electron chi connectivity index (χ4n) is 3.40. The van der Waals surface area contributed by atoms with Crippen LogP contribution in [0.25, 0.3) is 0 Å². The second-order valence-electron chi connectivity index (χ2n) is 7.31. The molecule has 0 aliphatic rings. The average molecular weight is 258 g/mol. The van der Waals surface area contributed by atoms with Gasteiger partial charge in [-0.05, 0) is 48.3 Å². The quantitative estimate of drug-likeness (QED) is 0.399. The molecule has 4 heteroatoms. The van der Waals surface area contributed by atoms with Crippen molar-refractivity contribution in [2.45, 2.75) is 74.7 Å². The van der Waals surface area contributed by atoms with Crippen molar-refractivity contribution in [1.29, 1.82) is 0 Å². The number of hydrogen-bond acceptors (Lipinski definition) is 0. The number of rotatable bonds is 7. The van der Waals surface area contributed by atoms with Crippen LogP contribution < -0.4 is 75.4 Å². The molecule has 0 unspecified atom stereocenters. The van der Waals surface area contributed by atoms with Crippen LogP contribution in [0.3, 0.4) is 0 Å². The van der Waals surface area contributed by atoms with E-state index in [1.54, 1.807) is 0 Å².